The second-order valence-electron chi connectivity index (χ2n) is 4.32. The number of β-amino-alcohol motifs (C(OH)–C–C–N with tert-alkyl or cyclic N) is 1. The largest absolute Gasteiger partial charge is 0.391 e. The number of carbonyl (C=O) groups is 1. The van der Waals surface area contributed by atoms with Crippen LogP contribution < -0.4 is 0 Å². The molecule has 17 heavy (non-hydrogen) atoms. The Bertz CT molecular complexity index is 416. The van der Waals surface area contributed by atoms with E-state index in [4.69, 9.17) is 0 Å². The van der Waals surface area contributed by atoms with Gasteiger partial charge in [-0.25, -0.2) is 0 Å². The molecule has 1 saturated heterocycles. The number of nitrogens with zero attached hydrogens (tertiary/aromatic N) is 1. The Morgan fingerprint density at radius 1 is 1.59 bits per heavy atom. The van der Waals surface area contributed by atoms with E-state index >= 15 is 0 Å². The number of thiophene rings is 1. The molecule has 1 aliphatic heterocycles. The van der Waals surface area contributed by atoms with Crippen molar-refractivity contribution in [2.75, 3.05) is 13.1 Å². The summed E-state index contributed by atoms with van der Waals surface area (Å²) in [5.74, 6) is 0.285. The number of piperidine rings is 1. The summed E-state index contributed by atoms with van der Waals surface area (Å²) in [6, 6.07) is 1.82. The van der Waals surface area contributed by atoms with Gasteiger partial charge in [-0.1, -0.05) is 6.92 Å². The fraction of sp³-hybridized carbons (Fsp3) is 0.545. The first-order valence-electron chi connectivity index (χ1n) is 5.41. The average molecular weight is 383 g/mol. The lowest BCUT2D eigenvalue weighted by Gasteiger charge is -2.34. The Balaban J connectivity index is 2.10. The fourth-order valence-electron chi connectivity index (χ4n) is 1.84. The zero-order chi connectivity index (χ0) is 12.6. The van der Waals surface area contributed by atoms with Crippen molar-refractivity contribution in [2.24, 2.45) is 5.92 Å². The Morgan fingerprint density at radius 3 is 2.82 bits per heavy atom. The lowest BCUT2D eigenvalue weighted by Crippen LogP contribution is -2.45. The minimum atomic E-state index is -0.403. The van der Waals surface area contributed by atoms with Crippen LogP contribution in [0, 0.1) is 5.92 Å². The van der Waals surface area contributed by atoms with Crippen LogP contribution in [-0.2, 0) is 0 Å². The van der Waals surface area contributed by atoms with Gasteiger partial charge in [-0.3, -0.25) is 4.79 Å². The van der Waals surface area contributed by atoms with Crippen molar-refractivity contribution >= 4 is 49.1 Å². The SMILES string of the molecule is CC1CCN(C(=O)c2cc(Br)c(Br)s2)CC1O. The number of halogens is 2. The standard InChI is InChI=1S/C11H13Br2NO2S/c1-6-2-3-14(5-8(6)15)11(16)9-4-7(12)10(13)17-9/h4,6,8,15H,2-3,5H2,1H3. The van der Waals surface area contributed by atoms with E-state index in [1.807, 2.05) is 13.0 Å². The summed E-state index contributed by atoms with van der Waals surface area (Å²) in [4.78, 5) is 14.6. The van der Waals surface area contributed by atoms with Crippen molar-refractivity contribution in [3.63, 3.8) is 0 Å². The second-order valence-corrected chi connectivity index (χ2v) is 7.54. The lowest BCUT2D eigenvalue weighted by molar-refractivity contribution is 0.0251. The summed E-state index contributed by atoms with van der Waals surface area (Å²) in [6.45, 7) is 3.18. The molecule has 1 aliphatic rings. The maximum atomic E-state index is 12.2. The van der Waals surface area contributed by atoms with Gasteiger partial charge in [0.2, 0.25) is 0 Å². The van der Waals surface area contributed by atoms with Gasteiger partial charge in [-0.2, -0.15) is 0 Å². The minimum Gasteiger partial charge on any atom is -0.391 e. The molecule has 1 fully saturated rings. The lowest BCUT2D eigenvalue weighted by atomic mass is 9.96. The molecule has 0 spiro atoms. The highest BCUT2D eigenvalue weighted by Crippen LogP contribution is 2.33. The topological polar surface area (TPSA) is 40.5 Å². The van der Waals surface area contributed by atoms with Crippen LogP contribution in [0.2, 0.25) is 0 Å². The molecule has 0 saturated carbocycles. The van der Waals surface area contributed by atoms with E-state index in [2.05, 4.69) is 31.9 Å². The zero-order valence-corrected chi connectivity index (χ0v) is 13.3. The van der Waals surface area contributed by atoms with Gasteiger partial charge in [-0.05, 0) is 50.3 Å². The third kappa shape index (κ3) is 2.92. The maximum Gasteiger partial charge on any atom is 0.264 e. The quantitative estimate of drug-likeness (QED) is 0.810. The number of aliphatic hydroxyl groups is 1. The summed E-state index contributed by atoms with van der Waals surface area (Å²) in [7, 11) is 0. The molecule has 1 N–H and O–H groups in total. The summed E-state index contributed by atoms with van der Waals surface area (Å²) >= 11 is 8.17. The van der Waals surface area contributed by atoms with Crippen molar-refractivity contribution in [2.45, 2.75) is 19.4 Å². The van der Waals surface area contributed by atoms with E-state index in [9.17, 15) is 9.90 Å². The van der Waals surface area contributed by atoms with Crippen molar-refractivity contribution in [1.82, 2.24) is 4.90 Å². The molecule has 0 radical (unpaired) electrons. The second kappa shape index (κ2) is 5.38. The Hall–Kier alpha value is 0.0900. The molecule has 2 atom stereocenters. The minimum absolute atomic E-state index is 0.00681. The number of carbonyl (C=O) groups excluding carboxylic acids is 1. The third-order valence-electron chi connectivity index (χ3n) is 3.06. The Morgan fingerprint density at radius 2 is 2.29 bits per heavy atom. The molecule has 0 aromatic carbocycles. The molecule has 1 amide bonds. The number of likely N-dealkylation sites (tertiary alicyclic amines) is 1. The van der Waals surface area contributed by atoms with Gasteiger partial charge in [-0.15, -0.1) is 11.3 Å². The fourth-order valence-corrected chi connectivity index (χ4v) is 3.84. The maximum absolute atomic E-state index is 12.2. The number of rotatable bonds is 1. The molecular weight excluding hydrogens is 370 g/mol. The molecular formula is C11H13Br2NO2S. The van der Waals surface area contributed by atoms with Crippen LogP contribution in [0.5, 0.6) is 0 Å². The monoisotopic (exact) mass is 381 g/mol. The van der Waals surface area contributed by atoms with Crippen molar-refractivity contribution < 1.29 is 9.90 Å². The average Bonchev–Trinajstić information content (AvgIpc) is 2.62. The van der Waals surface area contributed by atoms with E-state index in [1.165, 1.54) is 11.3 Å². The molecule has 0 bridgehead atoms. The zero-order valence-electron chi connectivity index (χ0n) is 9.32. The molecule has 2 heterocycles. The van der Waals surface area contributed by atoms with Crippen LogP contribution >= 0.6 is 43.2 Å². The molecule has 1 aromatic heterocycles. The van der Waals surface area contributed by atoms with E-state index in [0.29, 0.717) is 11.4 Å². The normalized spacial score (nSPS) is 25.1. The summed E-state index contributed by atoms with van der Waals surface area (Å²) in [5.41, 5.74) is 0. The van der Waals surface area contributed by atoms with Crippen molar-refractivity contribution in [1.29, 1.82) is 0 Å². The highest BCUT2D eigenvalue weighted by molar-refractivity contribution is 9.13. The first kappa shape index (κ1) is 13.5. The van der Waals surface area contributed by atoms with Crippen LogP contribution in [-0.4, -0.2) is 35.1 Å². The van der Waals surface area contributed by atoms with E-state index in [0.717, 1.165) is 21.2 Å². The first-order chi connectivity index (χ1) is 7.99. The van der Waals surface area contributed by atoms with Crippen LogP contribution in [0.25, 0.3) is 0 Å². The van der Waals surface area contributed by atoms with Crippen LogP contribution in [0.15, 0.2) is 14.3 Å². The molecule has 0 aliphatic carbocycles. The van der Waals surface area contributed by atoms with Gasteiger partial charge in [0.05, 0.1) is 14.8 Å². The van der Waals surface area contributed by atoms with Gasteiger partial charge < -0.3 is 10.0 Å². The number of amides is 1. The number of hydrogen-bond donors (Lipinski definition) is 1. The van der Waals surface area contributed by atoms with Gasteiger partial charge in [0.1, 0.15) is 0 Å². The third-order valence-corrected chi connectivity index (χ3v) is 6.31. The van der Waals surface area contributed by atoms with E-state index in [-0.39, 0.29) is 11.8 Å². The van der Waals surface area contributed by atoms with Crippen LogP contribution in [0.4, 0.5) is 0 Å². The predicted octanol–water partition coefficient (Wildman–Crippen LogP) is 3.12. The first-order valence-corrected chi connectivity index (χ1v) is 7.81. The molecule has 2 rings (SSSR count). The Labute approximate surface area is 121 Å². The predicted molar refractivity (Wildman–Crippen MR) is 75.4 cm³/mol. The molecule has 3 nitrogen and oxygen atoms in total. The summed E-state index contributed by atoms with van der Waals surface area (Å²) < 4.78 is 1.82. The van der Waals surface area contributed by atoms with Gasteiger partial charge >= 0.3 is 0 Å². The van der Waals surface area contributed by atoms with Gasteiger partial charge in [0, 0.05) is 17.6 Å². The molecule has 94 valence electrons. The van der Waals surface area contributed by atoms with Gasteiger partial charge in [0.25, 0.3) is 5.91 Å². The molecule has 6 heteroatoms. The number of hydrogen-bond acceptors (Lipinski definition) is 3. The smallest absolute Gasteiger partial charge is 0.264 e. The van der Waals surface area contributed by atoms with E-state index in [1.54, 1.807) is 4.90 Å². The molecule has 2 unspecified atom stereocenters. The van der Waals surface area contributed by atoms with Crippen LogP contribution in [0.1, 0.15) is 23.0 Å². The van der Waals surface area contributed by atoms with Crippen LogP contribution in [0.3, 0.4) is 0 Å². The number of aliphatic hydroxyl groups excluding tert-OH is 1. The van der Waals surface area contributed by atoms with Crippen molar-refractivity contribution in [3.8, 4) is 0 Å². The van der Waals surface area contributed by atoms with Crippen molar-refractivity contribution in [3.05, 3.63) is 19.2 Å². The highest BCUT2D eigenvalue weighted by Gasteiger charge is 2.28. The summed E-state index contributed by atoms with van der Waals surface area (Å²) in [5, 5.41) is 9.79. The summed E-state index contributed by atoms with van der Waals surface area (Å²) in [6.07, 6.45) is 0.459. The van der Waals surface area contributed by atoms with Gasteiger partial charge in [0.15, 0.2) is 0 Å². The van der Waals surface area contributed by atoms with E-state index < -0.39 is 6.10 Å². The molecule has 1 aromatic rings. The Kier molecular flexibility index (Phi) is 4.28. The highest BCUT2D eigenvalue weighted by atomic mass is 79.9.